The zero-order valence-electron chi connectivity index (χ0n) is 10.5. The second-order valence-corrected chi connectivity index (χ2v) is 4.46. The molecule has 0 radical (unpaired) electrons. The molecule has 3 nitrogen and oxygen atoms in total. The number of methoxy groups -OCH3 is 1. The molecular weight excluding hydrogens is 262 g/mol. The fraction of sp³-hybridized carbons (Fsp3) is 0.133. The van der Waals surface area contributed by atoms with E-state index in [0.717, 1.165) is 11.3 Å². The summed E-state index contributed by atoms with van der Waals surface area (Å²) in [5.41, 5.74) is 1.55. The number of halogens is 1. The van der Waals surface area contributed by atoms with E-state index in [4.69, 9.17) is 16.3 Å². The molecule has 0 spiro atoms. The number of anilines is 1. The standard InChI is InChI=1S/C15H14ClNO2/c1-19-12-8-6-11(7-9-12)10-15(18)17-14-5-3-2-4-13(14)16/h2-9H,10H2,1H3,(H,17,18). The van der Waals surface area contributed by atoms with E-state index < -0.39 is 0 Å². The number of benzene rings is 2. The van der Waals surface area contributed by atoms with Crippen LogP contribution in [0.5, 0.6) is 5.75 Å². The van der Waals surface area contributed by atoms with Crippen molar-refractivity contribution in [3.63, 3.8) is 0 Å². The summed E-state index contributed by atoms with van der Waals surface area (Å²) in [5, 5.41) is 3.32. The zero-order chi connectivity index (χ0) is 13.7. The third-order valence-corrected chi connectivity index (χ3v) is 3.00. The van der Waals surface area contributed by atoms with E-state index in [2.05, 4.69) is 5.32 Å². The van der Waals surface area contributed by atoms with Crippen molar-refractivity contribution in [1.82, 2.24) is 0 Å². The lowest BCUT2D eigenvalue weighted by atomic mass is 10.1. The van der Waals surface area contributed by atoms with Gasteiger partial charge in [0.15, 0.2) is 0 Å². The maximum absolute atomic E-state index is 11.9. The maximum Gasteiger partial charge on any atom is 0.228 e. The molecule has 0 aromatic heterocycles. The first kappa shape index (κ1) is 13.4. The van der Waals surface area contributed by atoms with Crippen LogP contribution in [0, 0.1) is 0 Å². The van der Waals surface area contributed by atoms with Crippen molar-refractivity contribution in [1.29, 1.82) is 0 Å². The summed E-state index contributed by atoms with van der Waals surface area (Å²) in [6, 6.07) is 14.6. The van der Waals surface area contributed by atoms with E-state index in [1.54, 1.807) is 19.2 Å². The molecule has 0 aliphatic carbocycles. The van der Waals surface area contributed by atoms with Crippen LogP contribution in [0.3, 0.4) is 0 Å². The van der Waals surface area contributed by atoms with Gasteiger partial charge in [-0.15, -0.1) is 0 Å². The first-order valence-electron chi connectivity index (χ1n) is 5.86. The third kappa shape index (κ3) is 3.73. The minimum atomic E-state index is -0.0988. The molecule has 0 unspecified atom stereocenters. The van der Waals surface area contributed by atoms with E-state index in [9.17, 15) is 4.79 Å². The van der Waals surface area contributed by atoms with Crippen molar-refractivity contribution >= 4 is 23.2 Å². The minimum Gasteiger partial charge on any atom is -0.497 e. The minimum absolute atomic E-state index is 0.0988. The first-order chi connectivity index (χ1) is 9.19. The molecule has 0 heterocycles. The molecule has 0 bridgehead atoms. The molecule has 2 aromatic rings. The highest BCUT2D eigenvalue weighted by molar-refractivity contribution is 6.33. The van der Waals surface area contributed by atoms with Gasteiger partial charge in [0, 0.05) is 0 Å². The summed E-state index contributed by atoms with van der Waals surface area (Å²) in [6.45, 7) is 0. The number of nitrogens with one attached hydrogen (secondary N) is 1. The molecule has 2 rings (SSSR count). The highest BCUT2D eigenvalue weighted by Gasteiger charge is 2.06. The molecule has 1 amide bonds. The topological polar surface area (TPSA) is 38.3 Å². The van der Waals surface area contributed by atoms with Crippen molar-refractivity contribution in [3.05, 3.63) is 59.1 Å². The summed E-state index contributed by atoms with van der Waals surface area (Å²) < 4.78 is 5.07. The fourth-order valence-corrected chi connectivity index (χ4v) is 1.87. The SMILES string of the molecule is COc1ccc(CC(=O)Nc2ccccc2Cl)cc1. The Morgan fingerprint density at radius 1 is 1.16 bits per heavy atom. The van der Waals surface area contributed by atoms with Gasteiger partial charge in [0.2, 0.25) is 5.91 Å². The lowest BCUT2D eigenvalue weighted by Gasteiger charge is -2.07. The Hall–Kier alpha value is -2.00. The molecule has 0 saturated heterocycles. The fourth-order valence-electron chi connectivity index (χ4n) is 1.69. The highest BCUT2D eigenvalue weighted by atomic mass is 35.5. The Bertz CT molecular complexity index is 567. The smallest absolute Gasteiger partial charge is 0.228 e. The van der Waals surface area contributed by atoms with E-state index in [-0.39, 0.29) is 5.91 Å². The molecule has 0 fully saturated rings. The lowest BCUT2D eigenvalue weighted by Crippen LogP contribution is -2.14. The molecule has 1 N–H and O–H groups in total. The van der Waals surface area contributed by atoms with E-state index in [0.29, 0.717) is 17.1 Å². The number of hydrogen-bond donors (Lipinski definition) is 1. The van der Waals surface area contributed by atoms with Gasteiger partial charge in [0.1, 0.15) is 5.75 Å². The summed E-state index contributed by atoms with van der Waals surface area (Å²) in [7, 11) is 1.61. The van der Waals surface area contributed by atoms with Crippen LogP contribution in [-0.4, -0.2) is 13.0 Å². The first-order valence-corrected chi connectivity index (χ1v) is 6.24. The Morgan fingerprint density at radius 2 is 1.84 bits per heavy atom. The number of rotatable bonds is 4. The number of ether oxygens (including phenoxy) is 1. The van der Waals surface area contributed by atoms with Gasteiger partial charge in [-0.3, -0.25) is 4.79 Å². The van der Waals surface area contributed by atoms with Crippen LogP contribution >= 0.6 is 11.6 Å². The summed E-state index contributed by atoms with van der Waals surface area (Å²) in [6.07, 6.45) is 0.301. The Balaban J connectivity index is 1.99. The molecule has 19 heavy (non-hydrogen) atoms. The van der Waals surface area contributed by atoms with Crippen molar-refractivity contribution in [3.8, 4) is 5.75 Å². The van der Waals surface area contributed by atoms with E-state index in [1.165, 1.54) is 0 Å². The van der Waals surface area contributed by atoms with Crippen molar-refractivity contribution in [2.45, 2.75) is 6.42 Å². The monoisotopic (exact) mass is 275 g/mol. The molecule has 0 saturated carbocycles. The van der Waals surface area contributed by atoms with Crippen molar-refractivity contribution < 1.29 is 9.53 Å². The number of para-hydroxylation sites is 1. The van der Waals surface area contributed by atoms with Gasteiger partial charge < -0.3 is 10.1 Å². The molecular formula is C15H14ClNO2. The van der Waals surface area contributed by atoms with Gasteiger partial charge in [-0.1, -0.05) is 35.9 Å². The number of carbonyl (C=O) groups is 1. The van der Waals surface area contributed by atoms with E-state index in [1.807, 2.05) is 36.4 Å². The van der Waals surface area contributed by atoms with Gasteiger partial charge in [-0.25, -0.2) is 0 Å². The molecule has 2 aromatic carbocycles. The summed E-state index contributed by atoms with van der Waals surface area (Å²) in [5.74, 6) is 0.675. The predicted octanol–water partition coefficient (Wildman–Crippen LogP) is 3.53. The molecule has 4 heteroatoms. The lowest BCUT2D eigenvalue weighted by molar-refractivity contribution is -0.115. The zero-order valence-corrected chi connectivity index (χ0v) is 11.3. The Kier molecular flexibility index (Phi) is 4.42. The van der Waals surface area contributed by atoms with Crippen LogP contribution < -0.4 is 10.1 Å². The van der Waals surface area contributed by atoms with Crippen LogP contribution in [0.15, 0.2) is 48.5 Å². The van der Waals surface area contributed by atoms with Crippen LogP contribution in [0.2, 0.25) is 5.02 Å². The largest absolute Gasteiger partial charge is 0.497 e. The Labute approximate surface area is 117 Å². The highest BCUT2D eigenvalue weighted by Crippen LogP contribution is 2.20. The average molecular weight is 276 g/mol. The summed E-state index contributed by atoms with van der Waals surface area (Å²) >= 11 is 5.98. The van der Waals surface area contributed by atoms with Crippen LogP contribution in [0.25, 0.3) is 0 Å². The molecule has 0 aliphatic heterocycles. The van der Waals surface area contributed by atoms with Gasteiger partial charge in [0.25, 0.3) is 0 Å². The quantitative estimate of drug-likeness (QED) is 0.927. The van der Waals surface area contributed by atoms with Crippen molar-refractivity contribution in [2.75, 3.05) is 12.4 Å². The van der Waals surface area contributed by atoms with Crippen LogP contribution in [0.1, 0.15) is 5.56 Å². The van der Waals surface area contributed by atoms with Crippen molar-refractivity contribution in [2.24, 2.45) is 0 Å². The number of carbonyl (C=O) groups excluding carboxylic acids is 1. The van der Waals surface area contributed by atoms with Gasteiger partial charge in [0.05, 0.1) is 24.2 Å². The second-order valence-electron chi connectivity index (χ2n) is 4.05. The van der Waals surface area contributed by atoms with Gasteiger partial charge in [-0.2, -0.15) is 0 Å². The number of hydrogen-bond acceptors (Lipinski definition) is 2. The van der Waals surface area contributed by atoms with Crippen LogP contribution in [0.4, 0.5) is 5.69 Å². The summed E-state index contributed by atoms with van der Waals surface area (Å²) in [4.78, 5) is 11.9. The predicted molar refractivity (Wildman–Crippen MR) is 76.8 cm³/mol. The molecule has 0 atom stereocenters. The second kappa shape index (κ2) is 6.25. The van der Waals surface area contributed by atoms with Gasteiger partial charge in [-0.05, 0) is 29.8 Å². The van der Waals surface area contributed by atoms with E-state index >= 15 is 0 Å². The Morgan fingerprint density at radius 3 is 2.47 bits per heavy atom. The van der Waals surface area contributed by atoms with Gasteiger partial charge >= 0.3 is 0 Å². The third-order valence-electron chi connectivity index (χ3n) is 2.67. The maximum atomic E-state index is 11.9. The normalized spacial score (nSPS) is 10.0. The average Bonchev–Trinajstić information content (AvgIpc) is 2.42. The molecule has 98 valence electrons. The molecule has 0 aliphatic rings. The van der Waals surface area contributed by atoms with Crippen LogP contribution in [-0.2, 0) is 11.2 Å². The number of amides is 1.